The molecule has 0 spiro atoms. The Morgan fingerprint density at radius 1 is 1.24 bits per heavy atom. The first-order chi connectivity index (χ1) is 10.2. The van der Waals surface area contributed by atoms with Gasteiger partial charge in [0, 0.05) is 18.0 Å². The highest BCUT2D eigenvalue weighted by Gasteiger charge is 2.11. The standard InChI is InChI=1S/C17H21N3O/c1-4-7-13-8-5-6-9-15(13)21-16-11-19-17(12(2)3)20-14(16)10-18/h4-9,11-12H,10,18H2,1-3H3. The van der Waals surface area contributed by atoms with E-state index in [0.717, 1.165) is 22.8 Å². The van der Waals surface area contributed by atoms with Crippen molar-refractivity contribution in [2.75, 3.05) is 0 Å². The van der Waals surface area contributed by atoms with Gasteiger partial charge in [-0.3, -0.25) is 0 Å². The van der Waals surface area contributed by atoms with Crippen LogP contribution in [0.1, 0.15) is 43.8 Å². The van der Waals surface area contributed by atoms with Crippen molar-refractivity contribution in [1.29, 1.82) is 0 Å². The Hall–Kier alpha value is -2.20. The monoisotopic (exact) mass is 283 g/mol. The number of hydrogen-bond acceptors (Lipinski definition) is 4. The van der Waals surface area contributed by atoms with Crippen LogP contribution in [-0.4, -0.2) is 9.97 Å². The van der Waals surface area contributed by atoms with E-state index >= 15 is 0 Å². The number of para-hydroxylation sites is 1. The Morgan fingerprint density at radius 3 is 2.67 bits per heavy atom. The summed E-state index contributed by atoms with van der Waals surface area (Å²) in [5.41, 5.74) is 7.52. The molecule has 2 rings (SSSR count). The first-order valence-electron chi connectivity index (χ1n) is 7.11. The lowest BCUT2D eigenvalue weighted by atomic mass is 10.2. The van der Waals surface area contributed by atoms with E-state index < -0.39 is 0 Å². The summed E-state index contributed by atoms with van der Waals surface area (Å²) in [7, 11) is 0. The zero-order chi connectivity index (χ0) is 15.2. The molecule has 4 nitrogen and oxygen atoms in total. The summed E-state index contributed by atoms with van der Waals surface area (Å²) in [4.78, 5) is 8.83. The molecule has 4 heteroatoms. The maximum Gasteiger partial charge on any atom is 0.168 e. The molecule has 0 atom stereocenters. The second-order valence-corrected chi connectivity index (χ2v) is 5.04. The molecule has 0 aliphatic rings. The molecule has 0 amide bonds. The minimum atomic E-state index is 0.264. The van der Waals surface area contributed by atoms with Crippen molar-refractivity contribution in [3.8, 4) is 11.5 Å². The lowest BCUT2D eigenvalue weighted by Crippen LogP contribution is -2.07. The molecule has 21 heavy (non-hydrogen) atoms. The zero-order valence-corrected chi connectivity index (χ0v) is 12.7. The van der Waals surface area contributed by atoms with Crippen LogP contribution in [0, 0.1) is 0 Å². The molecule has 0 saturated carbocycles. The molecule has 0 fully saturated rings. The Kier molecular flexibility index (Phi) is 5.06. The van der Waals surface area contributed by atoms with Crippen molar-refractivity contribution in [2.24, 2.45) is 5.73 Å². The topological polar surface area (TPSA) is 61.0 Å². The van der Waals surface area contributed by atoms with Gasteiger partial charge in [0.25, 0.3) is 0 Å². The fourth-order valence-electron chi connectivity index (χ4n) is 1.94. The van der Waals surface area contributed by atoms with Gasteiger partial charge in [-0.25, -0.2) is 9.97 Å². The van der Waals surface area contributed by atoms with Crippen molar-refractivity contribution in [3.63, 3.8) is 0 Å². The molecule has 0 aliphatic carbocycles. The van der Waals surface area contributed by atoms with E-state index in [4.69, 9.17) is 10.5 Å². The Balaban J connectivity index is 2.35. The summed E-state index contributed by atoms with van der Waals surface area (Å²) < 4.78 is 5.96. The van der Waals surface area contributed by atoms with Gasteiger partial charge in [0.05, 0.1) is 6.20 Å². The first kappa shape index (κ1) is 15.2. The predicted molar refractivity (Wildman–Crippen MR) is 85.2 cm³/mol. The molecule has 2 aromatic rings. The van der Waals surface area contributed by atoms with E-state index in [-0.39, 0.29) is 5.92 Å². The van der Waals surface area contributed by atoms with Crippen LogP contribution in [0.25, 0.3) is 6.08 Å². The van der Waals surface area contributed by atoms with E-state index in [0.29, 0.717) is 12.3 Å². The molecule has 0 bridgehead atoms. The van der Waals surface area contributed by atoms with E-state index in [1.807, 2.05) is 43.3 Å². The van der Waals surface area contributed by atoms with Gasteiger partial charge in [0.2, 0.25) is 0 Å². The van der Waals surface area contributed by atoms with Crippen molar-refractivity contribution >= 4 is 6.08 Å². The summed E-state index contributed by atoms with van der Waals surface area (Å²) in [6, 6.07) is 7.84. The smallest absolute Gasteiger partial charge is 0.168 e. The van der Waals surface area contributed by atoms with Gasteiger partial charge >= 0.3 is 0 Å². The number of allylic oxidation sites excluding steroid dienone is 1. The minimum Gasteiger partial charge on any atom is -0.453 e. The number of rotatable bonds is 5. The van der Waals surface area contributed by atoms with E-state index in [1.54, 1.807) is 6.20 Å². The van der Waals surface area contributed by atoms with Crippen LogP contribution in [0.3, 0.4) is 0 Å². The number of benzene rings is 1. The van der Waals surface area contributed by atoms with E-state index in [1.165, 1.54) is 0 Å². The molecule has 0 aliphatic heterocycles. The highest BCUT2D eigenvalue weighted by atomic mass is 16.5. The van der Waals surface area contributed by atoms with Gasteiger partial charge in [-0.05, 0) is 13.0 Å². The number of nitrogens with zero attached hydrogens (tertiary/aromatic N) is 2. The third-order valence-electron chi connectivity index (χ3n) is 3.04. The number of hydrogen-bond donors (Lipinski definition) is 1. The van der Waals surface area contributed by atoms with Gasteiger partial charge in [0.1, 0.15) is 17.3 Å². The maximum absolute atomic E-state index is 5.96. The summed E-state index contributed by atoms with van der Waals surface area (Å²) in [6.45, 7) is 6.40. The molecular weight excluding hydrogens is 262 g/mol. The minimum absolute atomic E-state index is 0.264. The average Bonchev–Trinajstić information content (AvgIpc) is 2.49. The Morgan fingerprint density at radius 2 is 2.00 bits per heavy atom. The third kappa shape index (κ3) is 3.67. The second-order valence-electron chi connectivity index (χ2n) is 5.04. The predicted octanol–water partition coefficient (Wildman–Crippen LogP) is 3.88. The number of aromatic nitrogens is 2. The van der Waals surface area contributed by atoms with Gasteiger partial charge in [-0.1, -0.05) is 44.2 Å². The Bertz CT molecular complexity index is 636. The van der Waals surface area contributed by atoms with Crippen LogP contribution in [0.5, 0.6) is 11.5 Å². The zero-order valence-electron chi connectivity index (χ0n) is 12.7. The third-order valence-corrected chi connectivity index (χ3v) is 3.04. The average molecular weight is 283 g/mol. The highest BCUT2D eigenvalue weighted by Crippen LogP contribution is 2.28. The Labute approximate surface area is 125 Å². The summed E-state index contributed by atoms with van der Waals surface area (Å²) in [5, 5.41) is 0. The molecule has 0 unspecified atom stereocenters. The van der Waals surface area contributed by atoms with Crippen molar-refractivity contribution in [3.05, 3.63) is 53.6 Å². The molecule has 1 heterocycles. The van der Waals surface area contributed by atoms with Crippen molar-refractivity contribution in [2.45, 2.75) is 33.2 Å². The van der Waals surface area contributed by atoms with Crippen LogP contribution < -0.4 is 10.5 Å². The molecule has 0 saturated heterocycles. The summed E-state index contributed by atoms with van der Waals surface area (Å²) >= 11 is 0. The van der Waals surface area contributed by atoms with Crippen LogP contribution in [0.15, 0.2) is 36.5 Å². The molecular formula is C17H21N3O. The molecule has 2 N–H and O–H groups in total. The van der Waals surface area contributed by atoms with Crippen LogP contribution in [-0.2, 0) is 6.54 Å². The van der Waals surface area contributed by atoms with Crippen LogP contribution >= 0.6 is 0 Å². The van der Waals surface area contributed by atoms with Gasteiger partial charge in [-0.15, -0.1) is 0 Å². The van der Waals surface area contributed by atoms with E-state index in [2.05, 4.69) is 23.8 Å². The maximum atomic E-state index is 5.96. The van der Waals surface area contributed by atoms with Gasteiger partial charge < -0.3 is 10.5 Å². The molecule has 1 aromatic heterocycles. The first-order valence-corrected chi connectivity index (χ1v) is 7.11. The van der Waals surface area contributed by atoms with Gasteiger partial charge in [-0.2, -0.15) is 0 Å². The van der Waals surface area contributed by atoms with Crippen LogP contribution in [0.4, 0.5) is 0 Å². The summed E-state index contributed by atoms with van der Waals surface area (Å²) in [6.07, 6.45) is 5.68. The summed E-state index contributed by atoms with van der Waals surface area (Å²) in [5.74, 6) is 2.43. The SMILES string of the molecule is CC=Cc1ccccc1Oc1cnc(C(C)C)nc1CN. The molecule has 0 radical (unpaired) electrons. The highest BCUT2D eigenvalue weighted by molar-refractivity contribution is 5.57. The fraction of sp³-hybridized carbons (Fsp3) is 0.294. The normalized spacial score (nSPS) is 11.3. The second kappa shape index (κ2) is 6.99. The largest absolute Gasteiger partial charge is 0.453 e. The number of nitrogens with two attached hydrogens (primary N) is 1. The quantitative estimate of drug-likeness (QED) is 0.904. The molecule has 1 aromatic carbocycles. The van der Waals surface area contributed by atoms with Gasteiger partial charge in [0.15, 0.2) is 5.75 Å². The molecule has 110 valence electrons. The number of ether oxygens (including phenoxy) is 1. The van der Waals surface area contributed by atoms with Crippen LogP contribution in [0.2, 0.25) is 0 Å². The lowest BCUT2D eigenvalue weighted by molar-refractivity contribution is 0.466. The van der Waals surface area contributed by atoms with Crippen molar-refractivity contribution < 1.29 is 4.74 Å². The fourth-order valence-corrected chi connectivity index (χ4v) is 1.94. The lowest BCUT2D eigenvalue weighted by Gasteiger charge is -2.13. The van der Waals surface area contributed by atoms with E-state index in [9.17, 15) is 0 Å². The van der Waals surface area contributed by atoms with Crippen molar-refractivity contribution in [1.82, 2.24) is 9.97 Å².